The van der Waals surface area contributed by atoms with E-state index in [-0.39, 0.29) is 16.8 Å². The predicted molar refractivity (Wildman–Crippen MR) is 93.8 cm³/mol. The number of hydrogen-bond donors (Lipinski definition) is 1. The summed E-state index contributed by atoms with van der Waals surface area (Å²) in [6.45, 7) is 1.58. The molecule has 3 heterocycles. The monoisotopic (exact) mass is 342 g/mol. The van der Waals surface area contributed by atoms with E-state index in [1.807, 2.05) is 11.0 Å². The first-order chi connectivity index (χ1) is 12.2. The first-order valence-corrected chi connectivity index (χ1v) is 7.89. The predicted octanol–water partition coefficient (Wildman–Crippen LogP) is 1.61. The second-order valence-corrected chi connectivity index (χ2v) is 5.55. The number of aromatic nitrogens is 2. The van der Waals surface area contributed by atoms with Crippen LogP contribution in [0.5, 0.6) is 0 Å². The van der Waals surface area contributed by atoms with Crippen molar-refractivity contribution in [1.29, 1.82) is 0 Å². The Hall–Kier alpha value is -3.16. The van der Waals surface area contributed by atoms with Crippen molar-refractivity contribution in [3.63, 3.8) is 0 Å². The molecule has 1 aliphatic heterocycles. The van der Waals surface area contributed by atoms with E-state index in [4.69, 9.17) is 5.11 Å². The Morgan fingerprint density at radius 3 is 2.80 bits per heavy atom. The van der Waals surface area contributed by atoms with Crippen LogP contribution in [0.2, 0.25) is 0 Å². The van der Waals surface area contributed by atoms with Crippen LogP contribution in [0.15, 0.2) is 46.0 Å². The number of carbonyl (C=O) groups is 1. The molecule has 0 aliphatic carbocycles. The molecule has 1 saturated heterocycles. The van der Waals surface area contributed by atoms with Gasteiger partial charge in [-0.15, -0.1) is 0 Å². The Kier molecular flexibility index (Phi) is 4.78. The topological polar surface area (TPSA) is 96.5 Å². The number of fused-ring (bicyclic) bond motifs is 1. The Labute approximate surface area is 143 Å². The van der Waals surface area contributed by atoms with E-state index in [1.165, 1.54) is 11.5 Å². The van der Waals surface area contributed by atoms with Gasteiger partial charge in [-0.25, -0.2) is 14.8 Å². The van der Waals surface area contributed by atoms with E-state index in [1.54, 1.807) is 18.3 Å². The molecule has 2 aromatic rings. The molecule has 0 amide bonds. The molecular formula is C17H18N4O4. The Morgan fingerprint density at radius 2 is 2.12 bits per heavy atom. The maximum Gasteiger partial charge on any atom is 0.342 e. The fourth-order valence-electron chi connectivity index (χ4n) is 2.72. The highest BCUT2D eigenvalue weighted by atomic mass is 16.5. The first kappa shape index (κ1) is 16.7. The van der Waals surface area contributed by atoms with Gasteiger partial charge in [-0.2, -0.15) is 0 Å². The zero-order chi connectivity index (χ0) is 17.8. The molecular weight excluding hydrogens is 324 g/mol. The maximum atomic E-state index is 12.8. The van der Waals surface area contributed by atoms with Crippen LogP contribution in [0, 0.1) is 0 Å². The molecule has 0 radical (unpaired) electrons. The number of aliphatic hydroxyl groups is 1. The summed E-state index contributed by atoms with van der Waals surface area (Å²) in [5.74, 6) is -0.269. The van der Waals surface area contributed by atoms with Crippen molar-refractivity contribution in [2.24, 2.45) is 4.99 Å². The molecule has 130 valence electrons. The highest BCUT2D eigenvalue weighted by molar-refractivity contribution is 6.09. The van der Waals surface area contributed by atoms with Crippen molar-refractivity contribution in [3.05, 3.63) is 46.6 Å². The standard InChI is InChI=1S/C17H18N4O4/c1-25-17(24)12(11-22)10-18-14-15(20-7-4-5-8-20)19-13-6-2-3-9-21(13)16(14)23/h2-3,6,9-11,22H,4-5,7-8H2,1H3/b12-11+,18-10?. The van der Waals surface area contributed by atoms with Crippen molar-refractivity contribution >= 4 is 29.3 Å². The Bertz CT molecular complexity index is 910. The Morgan fingerprint density at radius 1 is 1.36 bits per heavy atom. The SMILES string of the molecule is COC(=O)/C(C=Nc1c(N2CCCC2)nc2ccccn2c1=O)=C/O. The molecule has 1 N–H and O–H groups in total. The third-order valence-electron chi connectivity index (χ3n) is 3.99. The van der Waals surface area contributed by atoms with Crippen LogP contribution in [0.1, 0.15) is 12.8 Å². The molecule has 8 nitrogen and oxygen atoms in total. The van der Waals surface area contributed by atoms with Gasteiger partial charge in [-0.3, -0.25) is 9.20 Å². The largest absolute Gasteiger partial charge is 0.515 e. The average Bonchev–Trinajstić information content (AvgIpc) is 3.17. The number of esters is 1. The second-order valence-electron chi connectivity index (χ2n) is 5.55. The summed E-state index contributed by atoms with van der Waals surface area (Å²) in [6.07, 6.45) is 5.35. The summed E-state index contributed by atoms with van der Waals surface area (Å²) in [5.41, 5.74) is 0.145. The lowest BCUT2D eigenvalue weighted by atomic mass is 10.3. The smallest absolute Gasteiger partial charge is 0.342 e. The maximum absolute atomic E-state index is 12.8. The van der Waals surface area contributed by atoms with E-state index in [0.717, 1.165) is 32.1 Å². The van der Waals surface area contributed by atoms with Crippen LogP contribution < -0.4 is 10.5 Å². The van der Waals surface area contributed by atoms with Crippen LogP contribution in [0.3, 0.4) is 0 Å². The number of ether oxygens (including phenoxy) is 1. The lowest BCUT2D eigenvalue weighted by molar-refractivity contribution is -0.135. The quantitative estimate of drug-likeness (QED) is 0.392. The number of hydrogen-bond acceptors (Lipinski definition) is 7. The van der Waals surface area contributed by atoms with E-state index < -0.39 is 5.97 Å². The van der Waals surface area contributed by atoms with Gasteiger partial charge < -0.3 is 14.7 Å². The van der Waals surface area contributed by atoms with Crippen LogP contribution in [0.25, 0.3) is 5.65 Å². The molecule has 8 heteroatoms. The van der Waals surface area contributed by atoms with E-state index >= 15 is 0 Å². The number of anilines is 1. The van der Waals surface area contributed by atoms with Crippen molar-refractivity contribution in [2.45, 2.75) is 12.8 Å². The van der Waals surface area contributed by atoms with E-state index in [2.05, 4.69) is 14.7 Å². The summed E-state index contributed by atoms with van der Waals surface area (Å²) < 4.78 is 5.95. The van der Waals surface area contributed by atoms with Gasteiger partial charge in [0, 0.05) is 25.5 Å². The summed E-state index contributed by atoms with van der Waals surface area (Å²) in [7, 11) is 1.20. The molecule has 3 rings (SSSR count). The lowest BCUT2D eigenvalue weighted by Crippen LogP contribution is -2.24. The van der Waals surface area contributed by atoms with Crippen molar-refractivity contribution in [1.82, 2.24) is 9.38 Å². The third-order valence-corrected chi connectivity index (χ3v) is 3.99. The number of aliphatic hydroxyl groups excluding tert-OH is 1. The zero-order valence-electron chi connectivity index (χ0n) is 13.8. The molecule has 1 fully saturated rings. The molecule has 0 atom stereocenters. The zero-order valence-corrected chi connectivity index (χ0v) is 13.8. The first-order valence-electron chi connectivity index (χ1n) is 7.89. The number of nitrogens with zero attached hydrogens (tertiary/aromatic N) is 4. The molecule has 0 saturated carbocycles. The van der Waals surface area contributed by atoms with Gasteiger partial charge >= 0.3 is 5.97 Å². The van der Waals surface area contributed by atoms with Crippen LogP contribution >= 0.6 is 0 Å². The van der Waals surface area contributed by atoms with Gasteiger partial charge in [0.25, 0.3) is 5.56 Å². The van der Waals surface area contributed by atoms with Crippen LogP contribution in [0.4, 0.5) is 11.5 Å². The summed E-state index contributed by atoms with van der Waals surface area (Å²) >= 11 is 0. The minimum atomic E-state index is -0.747. The summed E-state index contributed by atoms with van der Waals surface area (Å²) in [4.78, 5) is 35.1. The fourth-order valence-corrected chi connectivity index (χ4v) is 2.72. The molecule has 2 aromatic heterocycles. The average molecular weight is 342 g/mol. The fraction of sp³-hybridized carbons (Fsp3) is 0.294. The number of methoxy groups -OCH3 is 1. The molecule has 25 heavy (non-hydrogen) atoms. The van der Waals surface area contributed by atoms with Gasteiger partial charge in [-0.05, 0) is 25.0 Å². The molecule has 0 bridgehead atoms. The highest BCUT2D eigenvalue weighted by Gasteiger charge is 2.21. The summed E-state index contributed by atoms with van der Waals surface area (Å²) in [6, 6.07) is 5.29. The van der Waals surface area contributed by atoms with Crippen molar-refractivity contribution < 1.29 is 14.6 Å². The Balaban J connectivity index is 2.14. The number of rotatable bonds is 4. The van der Waals surface area contributed by atoms with E-state index in [9.17, 15) is 9.59 Å². The minimum Gasteiger partial charge on any atom is -0.515 e. The number of carbonyl (C=O) groups excluding carboxylic acids is 1. The summed E-state index contributed by atoms with van der Waals surface area (Å²) in [5, 5.41) is 9.16. The van der Waals surface area contributed by atoms with Gasteiger partial charge in [0.2, 0.25) is 0 Å². The molecule has 1 aliphatic rings. The highest BCUT2D eigenvalue weighted by Crippen LogP contribution is 2.26. The van der Waals surface area contributed by atoms with Crippen molar-refractivity contribution in [2.75, 3.05) is 25.1 Å². The third kappa shape index (κ3) is 3.23. The molecule has 0 spiro atoms. The molecule has 0 aromatic carbocycles. The van der Waals surface area contributed by atoms with E-state index in [0.29, 0.717) is 17.7 Å². The number of aliphatic imine (C=N–C) groups is 1. The van der Waals surface area contributed by atoms with Crippen LogP contribution in [-0.4, -0.2) is 46.9 Å². The number of pyridine rings is 1. The lowest BCUT2D eigenvalue weighted by Gasteiger charge is -2.18. The van der Waals surface area contributed by atoms with Gasteiger partial charge in [0.15, 0.2) is 11.5 Å². The van der Waals surface area contributed by atoms with Gasteiger partial charge in [0.05, 0.1) is 13.4 Å². The minimum absolute atomic E-state index is 0.119. The van der Waals surface area contributed by atoms with Crippen molar-refractivity contribution in [3.8, 4) is 0 Å². The van der Waals surface area contributed by atoms with Crippen LogP contribution in [-0.2, 0) is 9.53 Å². The normalized spacial score (nSPS) is 15.2. The second kappa shape index (κ2) is 7.16. The van der Waals surface area contributed by atoms with Gasteiger partial charge in [0.1, 0.15) is 11.2 Å². The molecule has 0 unspecified atom stereocenters. The van der Waals surface area contributed by atoms with Gasteiger partial charge in [-0.1, -0.05) is 6.07 Å².